The molecule has 0 spiro atoms. The van der Waals surface area contributed by atoms with E-state index in [4.69, 9.17) is 17.7 Å². The topological polar surface area (TPSA) is 59.0 Å². The second kappa shape index (κ2) is 19.0. The Morgan fingerprint density at radius 3 is 1.15 bits per heavy atom. The van der Waals surface area contributed by atoms with Gasteiger partial charge in [-0.05, 0) is 129 Å². The molecule has 4 heterocycles. The van der Waals surface area contributed by atoms with E-state index >= 15 is 0 Å². The van der Waals surface area contributed by atoms with Crippen LogP contribution in [-0.4, -0.2) is 0 Å². The van der Waals surface area contributed by atoms with Crippen molar-refractivity contribution in [2.24, 2.45) is 0 Å². The predicted molar refractivity (Wildman–Crippen MR) is 356 cm³/mol. The molecule has 0 N–H and O–H groups in total. The van der Waals surface area contributed by atoms with E-state index in [1.807, 2.05) is 12.1 Å². The quantitative estimate of drug-likeness (QED) is 0.144. The van der Waals surface area contributed by atoms with Crippen molar-refractivity contribution in [2.75, 3.05) is 9.80 Å². The van der Waals surface area contributed by atoms with Crippen molar-refractivity contribution in [2.45, 2.75) is 0 Å². The van der Waals surface area contributed by atoms with Gasteiger partial charge in [0.25, 0.3) is 0 Å². The van der Waals surface area contributed by atoms with Crippen LogP contribution in [0.4, 0.5) is 34.1 Å². The predicted octanol–water partition coefficient (Wildman–Crippen LogP) is 23.5. The zero-order valence-corrected chi connectivity index (χ0v) is 46.2. The van der Waals surface area contributed by atoms with Crippen molar-refractivity contribution in [1.82, 2.24) is 0 Å². The summed E-state index contributed by atoms with van der Waals surface area (Å²) in [5, 5.41) is 12.6. The highest BCUT2D eigenvalue weighted by molar-refractivity contribution is 6.26. The highest BCUT2D eigenvalue weighted by Crippen LogP contribution is 2.50. The average Bonchev–Trinajstić information content (AvgIpc) is 1.93. The molecule has 6 heteroatoms. The molecular weight excluding hydrogens is 1050 g/mol. The first-order valence-corrected chi connectivity index (χ1v) is 29.1. The zero-order chi connectivity index (χ0) is 56.4. The fourth-order valence-electron chi connectivity index (χ4n) is 13.4. The molecule has 18 aromatic rings. The Morgan fingerprint density at radius 2 is 0.651 bits per heavy atom. The van der Waals surface area contributed by atoms with Gasteiger partial charge in [-0.3, -0.25) is 0 Å². The fourth-order valence-corrected chi connectivity index (χ4v) is 13.4. The van der Waals surface area contributed by atoms with Gasteiger partial charge < -0.3 is 27.5 Å². The Kier molecular flexibility index (Phi) is 10.6. The van der Waals surface area contributed by atoms with E-state index in [0.29, 0.717) is 0 Å². The zero-order valence-electron chi connectivity index (χ0n) is 46.2. The van der Waals surface area contributed by atoms with Gasteiger partial charge in [0.15, 0.2) is 11.2 Å². The van der Waals surface area contributed by atoms with E-state index in [0.717, 1.165) is 177 Å². The molecule has 4 aromatic heterocycles. The lowest BCUT2D eigenvalue weighted by molar-refractivity contribution is 0.665. The van der Waals surface area contributed by atoms with Gasteiger partial charge in [-0.1, -0.05) is 200 Å². The minimum atomic E-state index is 0.798. The number of fused-ring (bicyclic) bond motifs is 14. The van der Waals surface area contributed by atoms with Crippen LogP contribution in [-0.2, 0) is 0 Å². The summed E-state index contributed by atoms with van der Waals surface area (Å²) < 4.78 is 28.3. The van der Waals surface area contributed by atoms with Crippen LogP contribution in [0.25, 0.3) is 143 Å². The number of hydrogen-bond acceptors (Lipinski definition) is 6. The third kappa shape index (κ3) is 7.46. The van der Waals surface area contributed by atoms with Crippen molar-refractivity contribution in [3.8, 4) is 33.4 Å². The van der Waals surface area contributed by atoms with Gasteiger partial charge in [-0.2, -0.15) is 0 Å². The molecule has 402 valence electrons. The molecule has 86 heavy (non-hydrogen) atoms. The minimum Gasteiger partial charge on any atom is -0.456 e. The van der Waals surface area contributed by atoms with Crippen molar-refractivity contribution in [1.29, 1.82) is 0 Å². The molecule has 0 saturated heterocycles. The highest BCUT2D eigenvalue weighted by Gasteiger charge is 2.26. The van der Waals surface area contributed by atoms with Gasteiger partial charge >= 0.3 is 0 Å². The maximum Gasteiger partial charge on any atom is 0.159 e. The Bertz CT molecular complexity index is 5490. The van der Waals surface area contributed by atoms with Gasteiger partial charge in [0.1, 0.15) is 33.5 Å². The Labute approximate surface area is 492 Å². The molecule has 0 fully saturated rings. The molecule has 0 aliphatic heterocycles. The molecule has 0 atom stereocenters. The molecule has 0 aliphatic carbocycles. The first-order chi connectivity index (χ1) is 42.6. The van der Waals surface area contributed by atoms with Crippen LogP contribution in [0, 0.1) is 0 Å². The number of furan rings is 4. The van der Waals surface area contributed by atoms with Crippen molar-refractivity contribution in [3.63, 3.8) is 0 Å². The number of benzene rings is 14. The van der Waals surface area contributed by atoms with Crippen LogP contribution in [0.3, 0.4) is 0 Å². The van der Waals surface area contributed by atoms with E-state index < -0.39 is 0 Å². The fraction of sp³-hybridized carbons (Fsp3) is 0. The average molecular weight is 1100 g/mol. The van der Waals surface area contributed by atoms with Gasteiger partial charge in [0, 0.05) is 82.5 Å². The summed E-state index contributed by atoms with van der Waals surface area (Å²) in [5.74, 6) is 0. The van der Waals surface area contributed by atoms with E-state index in [1.165, 1.54) is 0 Å². The number of anilines is 6. The van der Waals surface area contributed by atoms with E-state index in [1.54, 1.807) is 0 Å². The third-order valence-corrected chi connectivity index (χ3v) is 17.3. The van der Waals surface area contributed by atoms with Crippen LogP contribution < -0.4 is 9.80 Å². The monoisotopic (exact) mass is 1100 g/mol. The molecule has 0 saturated carbocycles. The van der Waals surface area contributed by atoms with Gasteiger partial charge in [-0.25, -0.2) is 0 Å². The lowest BCUT2D eigenvalue weighted by Crippen LogP contribution is -2.10. The first kappa shape index (κ1) is 48.0. The first-order valence-electron chi connectivity index (χ1n) is 29.1. The SMILES string of the molecule is c1ccc(-c2cccc3c2oc2c(N(c4ccccc4)c4ccc5cc6c(cc5c4)oc4c(-c5ccccc5)c5c(cc46)oc4cc6cc(N(c7ccccc7)c7cccc8c7oc7c(-c9ccccc9)cccc78)ccc6cc45)cccc23)cc1. The minimum absolute atomic E-state index is 0.798. The molecule has 0 aliphatic rings. The lowest BCUT2D eigenvalue weighted by Gasteiger charge is -2.25. The normalized spacial score (nSPS) is 12.0. The van der Waals surface area contributed by atoms with Crippen LogP contribution in [0.5, 0.6) is 0 Å². The smallest absolute Gasteiger partial charge is 0.159 e. The Morgan fingerprint density at radius 1 is 0.221 bits per heavy atom. The molecule has 0 radical (unpaired) electrons. The van der Waals surface area contributed by atoms with Crippen LogP contribution in [0.15, 0.2) is 309 Å². The van der Waals surface area contributed by atoms with Gasteiger partial charge in [0.05, 0.1) is 11.4 Å². The van der Waals surface area contributed by atoms with Crippen molar-refractivity contribution < 1.29 is 17.7 Å². The number of nitrogens with zero attached hydrogens (tertiary/aromatic N) is 2. The maximum absolute atomic E-state index is 7.19. The molecule has 18 rings (SSSR count). The molecule has 0 unspecified atom stereocenters. The standard InChI is InChI=1S/C80H48N2O4/c1-6-20-49(21-7-1)60-30-16-32-62-64-34-18-36-69(78(64)85-76(60)62)81(56-26-12-4-13-27-56)58-40-38-52-44-66-67-48-73-75(74(51-24-10-3-11-25-51)80(67)84-71(66)46-54(52)42-58)68-45-53-39-41-59(43-55(53)47-72(68)83-73)82(57-28-14-5-15-29-57)70-37-19-35-65-63-33-17-31-61(77(63)86-79(65)70)50-22-8-2-9-23-50/h1-48H. The summed E-state index contributed by atoms with van der Waals surface area (Å²) in [6.45, 7) is 0. The summed E-state index contributed by atoms with van der Waals surface area (Å²) in [7, 11) is 0. The van der Waals surface area contributed by atoms with E-state index in [2.05, 4.69) is 289 Å². The molecule has 0 amide bonds. The summed E-state index contributed by atoms with van der Waals surface area (Å²) in [5.41, 5.74) is 19.0. The van der Waals surface area contributed by atoms with Gasteiger partial charge in [0.2, 0.25) is 0 Å². The summed E-state index contributed by atoms with van der Waals surface area (Å²) in [6.07, 6.45) is 0. The number of rotatable bonds is 9. The maximum atomic E-state index is 7.19. The Hall–Kier alpha value is -11.6. The Balaban J connectivity index is 0.777. The summed E-state index contributed by atoms with van der Waals surface area (Å²) >= 11 is 0. The molecule has 0 bridgehead atoms. The van der Waals surface area contributed by atoms with Crippen LogP contribution >= 0.6 is 0 Å². The van der Waals surface area contributed by atoms with Crippen molar-refractivity contribution in [3.05, 3.63) is 291 Å². The van der Waals surface area contributed by atoms with Crippen LogP contribution in [0.2, 0.25) is 0 Å². The largest absolute Gasteiger partial charge is 0.456 e. The van der Waals surface area contributed by atoms with E-state index in [9.17, 15) is 0 Å². The number of para-hydroxylation sites is 6. The number of hydrogen-bond donors (Lipinski definition) is 0. The lowest BCUT2D eigenvalue weighted by atomic mass is 9.95. The van der Waals surface area contributed by atoms with Crippen LogP contribution in [0.1, 0.15) is 0 Å². The highest BCUT2D eigenvalue weighted by atomic mass is 16.3. The third-order valence-electron chi connectivity index (χ3n) is 17.3. The molecule has 14 aromatic carbocycles. The second-order valence-electron chi connectivity index (χ2n) is 22.3. The van der Waals surface area contributed by atoms with Gasteiger partial charge in [-0.15, -0.1) is 0 Å². The van der Waals surface area contributed by atoms with Crippen molar-refractivity contribution >= 4 is 143 Å². The molecule has 6 nitrogen and oxygen atoms in total. The second-order valence-corrected chi connectivity index (χ2v) is 22.3. The summed E-state index contributed by atoms with van der Waals surface area (Å²) in [6, 6.07) is 103. The van der Waals surface area contributed by atoms with E-state index in [-0.39, 0.29) is 0 Å². The summed E-state index contributed by atoms with van der Waals surface area (Å²) in [4.78, 5) is 4.60. The molecular formula is C80H48N2O4.